The fourth-order valence-corrected chi connectivity index (χ4v) is 0.737. The molecule has 0 radical (unpaired) electrons. The van der Waals surface area contributed by atoms with Gasteiger partial charge in [0.25, 0.3) is 0 Å². The van der Waals surface area contributed by atoms with E-state index in [0.29, 0.717) is 5.69 Å². The highest BCUT2D eigenvalue weighted by atomic mass is 19.1. The third-order valence-corrected chi connectivity index (χ3v) is 1.28. The second kappa shape index (κ2) is 10.9. The topological polar surface area (TPSA) is 73.3 Å². The van der Waals surface area contributed by atoms with Gasteiger partial charge in [0.15, 0.2) is 0 Å². The van der Waals surface area contributed by atoms with Crippen molar-refractivity contribution in [1.82, 2.24) is 0 Å². The van der Waals surface area contributed by atoms with Gasteiger partial charge in [-0.05, 0) is 24.6 Å². The maximum absolute atomic E-state index is 12.7. The Labute approximate surface area is 90.3 Å². The summed E-state index contributed by atoms with van der Waals surface area (Å²) in [5, 5.41) is 0. The van der Waals surface area contributed by atoms with Crippen LogP contribution in [0.5, 0.6) is 0 Å². The summed E-state index contributed by atoms with van der Waals surface area (Å²) in [5.74, 6) is 9.04. The van der Waals surface area contributed by atoms with Gasteiger partial charge in [-0.1, -0.05) is 19.9 Å². The Hall–Kier alpha value is -1.17. The Balaban J connectivity index is 0. The van der Waals surface area contributed by atoms with Crippen LogP contribution in [0.4, 0.5) is 10.1 Å². The van der Waals surface area contributed by atoms with Crippen LogP contribution in [0.3, 0.4) is 0 Å². The molecule has 0 aliphatic heterocycles. The lowest BCUT2D eigenvalue weighted by atomic mass is 10.2. The summed E-state index contributed by atoms with van der Waals surface area (Å²) in [7, 11) is 1.40. The number of nitrogens with two attached hydrogens (primary N) is 2. The van der Waals surface area contributed by atoms with Gasteiger partial charge < -0.3 is 10.3 Å². The molecule has 0 saturated heterocycles. The van der Waals surface area contributed by atoms with Crippen molar-refractivity contribution in [3.05, 3.63) is 29.6 Å². The Kier molecular flexibility index (Phi) is 11.8. The third-order valence-electron chi connectivity index (χ3n) is 1.28. The zero-order valence-electron chi connectivity index (χ0n) is 9.67. The third kappa shape index (κ3) is 7.87. The number of hydrogen-bond donors (Lipinski definition) is 3. The first-order valence-corrected chi connectivity index (χ1v) is 4.61. The van der Waals surface area contributed by atoms with Crippen LogP contribution >= 0.6 is 0 Å². The van der Waals surface area contributed by atoms with E-state index in [-0.39, 0.29) is 5.82 Å². The van der Waals surface area contributed by atoms with E-state index < -0.39 is 0 Å². The molecular formula is C10H20FN3O. The molecule has 15 heavy (non-hydrogen) atoms. The minimum absolute atomic E-state index is 0.317. The van der Waals surface area contributed by atoms with Crippen molar-refractivity contribution < 1.29 is 9.23 Å². The summed E-state index contributed by atoms with van der Waals surface area (Å²) in [6, 6.07) is 4.82. The minimum atomic E-state index is -0.317. The average Bonchev–Trinajstić information content (AvgIpc) is 2.22. The van der Waals surface area contributed by atoms with Crippen molar-refractivity contribution in [3.8, 4) is 0 Å². The molecule has 4 nitrogen and oxygen atoms in total. The Morgan fingerprint density at radius 1 is 1.33 bits per heavy atom. The summed E-state index contributed by atoms with van der Waals surface area (Å²) in [6.45, 7) is 5.82. The molecule has 88 valence electrons. The van der Waals surface area contributed by atoms with Gasteiger partial charge in [-0.3, -0.25) is 5.84 Å². The van der Waals surface area contributed by atoms with Crippen molar-refractivity contribution in [2.45, 2.75) is 20.8 Å². The lowest BCUT2D eigenvalue weighted by molar-refractivity contribution is 0.206. The van der Waals surface area contributed by atoms with Gasteiger partial charge in [0.05, 0.1) is 12.8 Å². The van der Waals surface area contributed by atoms with E-state index in [1.165, 1.54) is 13.2 Å². The molecule has 1 aromatic rings. The van der Waals surface area contributed by atoms with Crippen molar-refractivity contribution in [2.75, 3.05) is 12.5 Å². The molecule has 0 aliphatic carbocycles. The lowest BCUT2D eigenvalue weighted by Crippen LogP contribution is -2.08. The quantitative estimate of drug-likeness (QED) is 0.496. The maximum atomic E-state index is 12.7. The van der Waals surface area contributed by atoms with Crippen molar-refractivity contribution >= 4 is 5.69 Å². The normalized spacial score (nSPS) is 7.93. The zero-order valence-corrected chi connectivity index (χ0v) is 9.67. The van der Waals surface area contributed by atoms with Gasteiger partial charge >= 0.3 is 0 Å². The van der Waals surface area contributed by atoms with Gasteiger partial charge in [-0.15, -0.1) is 0 Å². The number of anilines is 1. The van der Waals surface area contributed by atoms with Gasteiger partial charge in [0.2, 0.25) is 0 Å². The molecule has 0 bridgehead atoms. The standard InChI is InChI=1S/C7H9FN2.C2H6.CH5NO/c1-5-2-3-7(10-9)6(8)4-5;1-2;1-3-2/h2-4,10H,9H2,1H3;1-2H3;2H2,1H3. The molecule has 1 aromatic carbocycles. The molecule has 0 unspecified atom stereocenters. The highest BCUT2D eigenvalue weighted by Crippen LogP contribution is 2.12. The van der Waals surface area contributed by atoms with Crippen molar-refractivity contribution in [2.24, 2.45) is 11.7 Å². The molecule has 1 rings (SSSR count). The number of nitrogen functional groups attached to an aromatic ring is 1. The summed E-state index contributed by atoms with van der Waals surface area (Å²) in [6.07, 6.45) is 0. The fraction of sp³-hybridized carbons (Fsp3) is 0.400. The number of nitrogens with one attached hydrogen (secondary N) is 1. The predicted octanol–water partition coefficient (Wildman–Crippen LogP) is 1.95. The van der Waals surface area contributed by atoms with Crippen LogP contribution < -0.4 is 17.2 Å². The largest absolute Gasteiger partial charge is 0.321 e. The Morgan fingerprint density at radius 2 is 1.80 bits per heavy atom. The molecule has 0 atom stereocenters. The van der Waals surface area contributed by atoms with E-state index in [0.717, 1.165) is 5.56 Å². The number of hydrazine groups is 1. The fourth-order valence-electron chi connectivity index (χ4n) is 0.737. The van der Waals surface area contributed by atoms with Gasteiger partial charge in [-0.25, -0.2) is 10.3 Å². The van der Waals surface area contributed by atoms with Gasteiger partial charge in [0, 0.05) is 0 Å². The summed E-state index contributed by atoms with van der Waals surface area (Å²) in [4.78, 5) is 3.75. The predicted molar refractivity (Wildman–Crippen MR) is 61.5 cm³/mol. The summed E-state index contributed by atoms with van der Waals surface area (Å²) in [5.41, 5.74) is 3.46. The first-order chi connectivity index (χ1) is 7.15. The number of benzene rings is 1. The van der Waals surface area contributed by atoms with Crippen LogP contribution in [0.1, 0.15) is 19.4 Å². The first kappa shape index (κ1) is 16.3. The Bertz CT molecular complexity index is 256. The maximum Gasteiger partial charge on any atom is 0.147 e. The highest BCUT2D eigenvalue weighted by molar-refractivity contribution is 5.44. The molecule has 0 fully saturated rings. The van der Waals surface area contributed by atoms with Crippen molar-refractivity contribution in [3.63, 3.8) is 0 Å². The molecule has 0 saturated carbocycles. The molecule has 0 amide bonds. The molecule has 0 heterocycles. The van der Waals surface area contributed by atoms with E-state index in [1.807, 2.05) is 20.8 Å². The molecule has 0 spiro atoms. The van der Waals surface area contributed by atoms with Gasteiger partial charge in [-0.2, -0.15) is 0 Å². The SMILES string of the molecule is CC.CON.Cc1ccc(NN)c(F)c1. The van der Waals surface area contributed by atoms with Crippen LogP contribution in [-0.2, 0) is 4.84 Å². The number of halogens is 1. The molecular weight excluding hydrogens is 197 g/mol. The minimum Gasteiger partial charge on any atom is -0.321 e. The van der Waals surface area contributed by atoms with E-state index in [9.17, 15) is 4.39 Å². The number of aryl methyl sites for hydroxylation is 1. The average molecular weight is 217 g/mol. The molecule has 0 aliphatic rings. The van der Waals surface area contributed by atoms with Gasteiger partial charge in [0.1, 0.15) is 5.82 Å². The van der Waals surface area contributed by atoms with E-state index in [2.05, 4.69) is 16.2 Å². The smallest absolute Gasteiger partial charge is 0.147 e. The number of hydrogen-bond acceptors (Lipinski definition) is 4. The highest BCUT2D eigenvalue weighted by Gasteiger charge is 1.97. The molecule has 5 N–H and O–H groups in total. The molecule has 5 heteroatoms. The molecule has 0 aromatic heterocycles. The van der Waals surface area contributed by atoms with E-state index in [1.54, 1.807) is 12.1 Å². The van der Waals surface area contributed by atoms with E-state index >= 15 is 0 Å². The number of rotatable bonds is 1. The van der Waals surface area contributed by atoms with Crippen LogP contribution in [0.15, 0.2) is 18.2 Å². The van der Waals surface area contributed by atoms with E-state index in [4.69, 9.17) is 5.84 Å². The van der Waals surface area contributed by atoms with Crippen LogP contribution in [0.2, 0.25) is 0 Å². The van der Waals surface area contributed by atoms with Crippen LogP contribution in [-0.4, -0.2) is 7.11 Å². The van der Waals surface area contributed by atoms with Crippen molar-refractivity contribution in [1.29, 1.82) is 0 Å². The van der Waals surface area contributed by atoms with Crippen LogP contribution in [0.25, 0.3) is 0 Å². The first-order valence-electron chi connectivity index (χ1n) is 4.61. The second-order valence-corrected chi connectivity index (χ2v) is 2.36. The monoisotopic (exact) mass is 217 g/mol. The Morgan fingerprint density at radius 3 is 2.13 bits per heavy atom. The second-order valence-electron chi connectivity index (χ2n) is 2.36. The lowest BCUT2D eigenvalue weighted by Gasteiger charge is -2.00. The zero-order chi connectivity index (χ0) is 12.3. The summed E-state index contributed by atoms with van der Waals surface area (Å²) >= 11 is 0. The summed E-state index contributed by atoms with van der Waals surface area (Å²) < 4.78 is 12.7. The van der Waals surface area contributed by atoms with Crippen LogP contribution in [0, 0.1) is 12.7 Å².